The average molecular weight is 498 g/mol. The molecule has 2 unspecified atom stereocenters. The largest absolute Gasteiger partial charge is 0.480 e. The maximum atomic E-state index is 12.7. The minimum Gasteiger partial charge on any atom is -0.480 e. The average Bonchev–Trinajstić information content (AvgIpc) is 3.46. The molecule has 4 aromatic rings. The van der Waals surface area contributed by atoms with Crippen molar-refractivity contribution in [1.82, 2.24) is 15.6 Å². The number of benzene rings is 3. The zero-order valence-electron chi connectivity index (χ0n) is 20.2. The van der Waals surface area contributed by atoms with Crippen LogP contribution in [0.2, 0.25) is 0 Å². The molecule has 5 rings (SSSR count). The van der Waals surface area contributed by atoms with Gasteiger partial charge in [0.25, 0.3) is 0 Å². The van der Waals surface area contributed by atoms with E-state index >= 15 is 0 Å². The second kappa shape index (κ2) is 10.2. The van der Waals surface area contributed by atoms with Crippen molar-refractivity contribution in [3.8, 4) is 11.1 Å². The third-order valence-electron chi connectivity index (χ3n) is 6.78. The topological polar surface area (TPSA) is 121 Å². The number of hydrogen-bond donors (Lipinski definition) is 4. The molecule has 2 amide bonds. The standard InChI is InChI=1S/C29H27N3O5/c1-17(27(33)32-26(28(34)35)14-18-15-30-25-13-7-6-8-19(18)25)31-29(36)37-16-24-22-11-4-2-9-20(22)21-10-3-5-12-23(21)24/h2-13,15,17,24,26,30H,14,16H2,1H3,(H,31,36)(H,32,33)(H,34,35). The first kappa shape index (κ1) is 24.1. The van der Waals surface area contributed by atoms with Gasteiger partial charge in [0.2, 0.25) is 5.91 Å². The van der Waals surface area contributed by atoms with Crippen molar-refractivity contribution in [2.45, 2.75) is 31.3 Å². The van der Waals surface area contributed by atoms with Crippen LogP contribution in [0.1, 0.15) is 29.5 Å². The maximum Gasteiger partial charge on any atom is 0.407 e. The summed E-state index contributed by atoms with van der Waals surface area (Å²) in [6, 6.07) is 21.4. The number of fused-ring (bicyclic) bond motifs is 4. The van der Waals surface area contributed by atoms with Crippen molar-refractivity contribution in [3.05, 3.63) is 95.7 Å². The summed E-state index contributed by atoms with van der Waals surface area (Å²) in [6.45, 7) is 1.61. The molecule has 3 aromatic carbocycles. The molecule has 0 fully saturated rings. The summed E-state index contributed by atoms with van der Waals surface area (Å²) in [6.07, 6.45) is 1.10. The predicted molar refractivity (Wildman–Crippen MR) is 139 cm³/mol. The number of aliphatic carboxylic acids is 1. The molecule has 4 N–H and O–H groups in total. The van der Waals surface area contributed by atoms with Gasteiger partial charge < -0.3 is 25.5 Å². The van der Waals surface area contributed by atoms with Crippen molar-refractivity contribution in [3.63, 3.8) is 0 Å². The molecular weight excluding hydrogens is 470 g/mol. The maximum absolute atomic E-state index is 12.7. The highest BCUT2D eigenvalue weighted by molar-refractivity contribution is 5.90. The molecule has 8 heteroatoms. The lowest BCUT2D eigenvalue weighted by atomic mass is 9.98. The number of carbonyl (C=O) groups is 3. The van der Waals surface area contributed by atoms with E-state index in [2.05, 4.69) is 27.8 Å². The number of ether oxygens (including phenoxy) is 1. The second-order valence-corrected chi connectivity index (χ2v) is 9.15. The van der Waals surface area contributed by atoms with E-state index in [1.807, 2.05) is 60.7 Å². The van der Waals surface area contributed by atoms with E-state index in [1.165, 1.54) is 6.92 Å². The summed E-state index contributed by atoms with van der Waals surface area (Å²) in [5.74, 6) is -1.87. The molecule has 0 saturated carbocycles. The Morgan fingerprint density at radius 2 is 1.54 bits per heavy atom. The number of hydrogen-bond acceptors (Lipinski definition) is 4. The molecule has 0 bridgehead atoms. The van der Waals surface area contributed by atoms with Crippen LogP contribution in [0.3, 0.4) is 0 Å². The zero-order valence-corrected chi connectivity index (χ0v) is 20.2. The Labute approximate surface area is 213 Å². The highest BCUT2D eigenvalue weighted by Gasteiger charge is 2.30. The quantitative estimate of drug-likeness (QED) is 0.291. The molecule has 1 aliphatic carbocycles. The number of carbonyl (C=O) groups excluding carboxylic acids is 2. The Bertz CT molecular complexity index is 1430. The van der Waals surface area contributed by atoms with E-state index in [1.54, 1.807) is 6.20 Å². The summed E-state index contributed by atoms with van der Waals surface area (Å²) in [5.41, 5.74) is 6.08. The fourth-order valence-corrected chi connectivity index (χ4v) is 4.90. The third-order valence-corrected chi connectivity index (χ3v) is 6.78. The minimum atomic E-state index is -1.16. The molecule has 1 aliphatic rings. The van der Waals surface area contributed by atoms with Crippen LogP contribution < -0.4 is 10.6 Å². The summed E-state index contributed by atoms with van der Waals surface area (Å²) < 4.78 is 5.50. The summed E-state index contributed by atoms with van der Waals surface area (Å²) >= 11 is 0. The van der Waals surface area contributed by atoms with Gasteiger partial charge in [0.05, 0.1) is 0 Å². The molecule has 0 spiro atoms. The van der Waals surface area contributed by atoms with Gasteiger partial charge >= 0.3 is 12.1 Å². The number of alkyl carbamates (subject to hydrolysis) is 1. The molecule has 8 nitrogen and oxygen atoms in total. The number of aromatic amines is 1. The second-order valence-electron chi connectivity index (χ2n) is 9.15. The Morgan fingerprint density at radius 1 is 0.919 bits per heavy atom. The Hall–Kier alpha value is -4.59. The van der Waals surface area contributed by atoms with Crippen molar-refractivity contribution in [2.75, 3.05) is 6.61 Å². The van der Waals surface area contributed by atoms with E-state index in [9.17, 15) is 19.5 Å². The number of H-pyrrole nitrogens is 1. The first-order valence-electron chi connectivity index (χ1n) is 12.1. The summed E-state index contributed by atoms with van der Waals surface area (Å²) in [7, 11) is 0. The van der Waals surface area contributed by atoms with Crippen molar-refractivity contribution in [2.24, 2.45) is 0 Å². The number of amides is 2. The summed E-state index contributed by atoms with van der Waals surface area (Å²) in [4.78, 5) is 40.2. The van der Waals surface area contributed by atoms with Crippen LogP contribution in [0.4, 0.5) is 4.79 Å². The molecule has 1 heterocycles. The number of aromatic nitrogens is 1. The van der Waals surface area contributed by atoms with E-state index in [-0.39, 0.29) is 18.9 Å². The first-order valence-corrected chi connectivity index (χ1v) is 12.1. The van der Waals surface area contributed by atoms with Gasteiger partial charge in [-0.15, -0.1) is 0 Å². The number of carboxylic acids is 1. The van der Waals surface area contributed by atoms with Crippen molar-refractivity contribution < 1.29 is 24.2 Å². The smallest absolute Gasteiger partial charge is 0.407 e. The van der Waals surface area contributed by atoms with Gasteiger partial charge in [-0.1, -0.05) is 66.7 Å². The van der Waals surface area contributed by atoms with Crippen LogP contribution in [0.5, 0.6) is 0 Å². The molecule has 37 heavy (non-hydrogen) atoms. The van der Waals surface area contributed by atoms with E-state index in [0.717, 1.165) is 38.7 Å². The van der Waals surface area contributed by atoms with Gasteiger partial charge in [-0.3, -0.25) is 4.79 Å². The fourth-order valence-electron chi connectivity index (χ4n) is 4.90. The van der Waals surface area contributed by atoms with Crippen LogP contribution in [-0.2, 0) is 20.7 Å². The third kappa shape index (κ3) is 4.91. The number of carboxylic acid groups (broad SMARTS) is 1. The van der Waals surface area contributed by atoms with Gasteiger partial charge in [-0.05, 0) is 40.8 Å². The lowest BCUT2D eigenvalue weighted by Crippen LogP contribution is -2.51. The van der Waals surface area contributed by atoms with E-state index < -0.39 is 30.1 Å². The van der Waals surface area contributed by atoms with Crippen LogP contribution in [0.15, 0.2) is 79.0 Å². The van der Waals surface area contributed by atoms with Gasteiger partial charge in [0.1, 0.15) is 18.7 Å². The predicted octanol–water partition coefficient (Wildman–Crippen LogP) is 4.21. The van der Waals surface area contributed by atoms with Crippen LogP contribution >= 0.6 is 0 Å². The normalized spacial score (nSPS) is 13.9. The van der Waals surface area contributed by atoms with Crippen molar-refractivity contribution >= 4 is 28.9 Å². The van der Waals surface area contributed by atoms with Crippen molar-refractivity contribution in [1.29, 1.82) is 0 Å². The lowest BCUT2D eigenvalue weighted by molar-refractivity contribution is -0.142. The highest BCUT2D eigenvalue weighted by atomic mass is 16.5. The van der Waals surface area contributed by atoms with E-state index in [4.69, 9.17) is 4.74 Å². The van der Waals surface area contributed by atoms with Crippen LogP contribution in [0, 0.1) is 0 Å². The Balaban J connectivity index is 1.18. The van der Waals surface area contributed by atoms with Crippen LogP contribution in [-0.4, -0.2) is 46.8 Å². The minimum absolute atomic E-state index is 0.1000. The first-order chi connectivity index (χ1) is 17.9. The molecule has 188 valence electrons. The summed E-state index contributed by atoms with van der Waals surface area (Å²) in [5, 5.41) is 15.6. The van der Waals surface area contributed by atoms with E-state index in [0.29, 0.717) is 0 Å². The highest BCUT2D eigenvalue weighted by Crippen LogP contribution is 2.44. The molecule has 2 atom stereocenters. The molecular formula is C29H27N3O5. The number of para-hydroxylation sites is 1. The van der Waals surface area contributed by atoms with Crippen LogP contribution in [0.25, 0.3) is 22.0 Å². The monoisotopic (exact) mass is 497 g/mol. The molecule has 0 radical (unpaired) electrons. The number of rotatable bonds is 8. The molecule has 0 saturated heterocycles. The van der Waals surface area contributed by atoms with Gasteiger partial charge in [0.15, 0.2) is 0 Å². The lowest BCUT2D eigenvalue weighted by Gasteiger charge is -2.19. The van der Waals surface area contributed by atoms with Gasteiger partial charge in [-0.2, -0.15) is 0 Å². The fraction of sp³-hybridized carbons (Fsp3) is 0.207. The zero-order chi connectivity index (χ0) is 25.9. The van der Waals surface area contributed by atoms with Gasteiger partial charge in [0, 0.05) is 29.4 Å². The Morgan fingerprint density at radius 3 is 2.22 bits per heavy atom. The Kier molecular flexibility index (Phi) is 6.64. The molecule has 0 aliphatic heterocycles. The van der Waals surface area contributed by atoms with Gasteiger partial charge in [-0.25, -0.2) is 9.59 Å². The number of nitrogens with one attached hydrogen (secondary N) is 3. The molecule has 1 aromatic heterocycles. The SMILES string of the molecule is CC(NC(=O)OCC1c2ccccc2-c2ccccc21)C(=O)NC(Cc1c[nH]c2ccccc12)C(=O)O.